The highest BCUT2D eigenvalue weighted by Crippen LogP contribution is 2.30. The summed E-state index contributed by atoms with van der Waals surface area (Å²) in [6.45, 7) is 2.89. The summed E-state index contributed by atoms with van der Waals surface area (Å²) in [7, 11) is -4.46. The number of hydrogen-bond donors (Lipinski definition) is 3. The lowest BCUT2D eigenvalue weighted by atomic mass is 10.1. The van der Waals surface area contributed by atoms with Crippen LogP contribution in [0, 0.1) is 0 Å². The molecule has 0 saturated heterocycles. The molecule has 164 valence electrons. The molecule has 0 aromatic heterocycles. The molecule has 0 spiro atoms. The fourth-order valence-electron chi connectivity index (χ4n) is 2.28. The summed E-state index contributed by atoms with van der Waals surface area (Å²) in [4.78, 5) is 22.7. The van der Waals surface area contributed by atoms with E-state index in [0.717, 1.165) is 18.2 Å². The van der Waals surface area contributed by atoms with Crippen LogP contribution in [0.1, 0.15) is 31.7 Å². The van der Waals surface area contributed by atoms with Crippen molar-refractivity contribution in [1.29, 1.82) is 0 Å². The van der Waals surface area contributed by atoms with Crippen molar-refractivity contribution in [3.63, 3.8) is 0 Å². The summed E-state index contributed by atoms with van der Waals surface area (Å²) in [6, 6.07) is 1.74. The first-order valence-electron chi connectivity index (χ1n) is 8.80. The second-order valence-corrected chi connectivity index (χ2v) is 7.76. The van der Waals surface area contributed by atoms with E-state index < -0.39 is 44.5 Å². The molecule has 1 aromatic rings. The predicted molar refractivity (Wildman–Crippen MR) is 98.1 cm³/mol. The van der Waals surface area contributed by atoms with Gasteiger partial charge in [0.25, 0.3) is 0 Å². The Labute approximate surface area is 167 Å². The third kappa shape index (κ3) is 8.79. The lowest BCUT2D eigenvalue weighted by Crippen LogP contribution is -2.47. The minimum Gasteiger partial charge on any atom is -0.382 e. The average molecular weight is 439 g/mol. The van der Waals surface area contributed by atoms with Crippen molar-refractivity contribution in [2.24, 2.45) is 5.73 Å². The monoisotopic (exact) mass is 439 g/mol. The molecular weight excluding hydrogens is 415 g/mol. The molecule has 0 saturated carbocycles. The molecule has 0 aliphatic heterocycles. The number of nitrogens with two attached hydrogens (primary N) is 1. The Morgan fingerprint density at radius 1 is 1.28 bits per heavy atom. The smallest absolute Gasteiger partial charge is 0.382 e. The van der Waals surface area contributed by atoms with Gasteiger partial charge in [0.05, 0.1) is 10.5 Å². The number of primary amides is 1. The molecule has 1 unspecified atom stereocenters. The van der Waals surface area contributed by atoms with Crippen LogP contribution in [0.2, 0.25) is 0 Å². The third-order valence-corrected chi connectivity index (χ3v) is 5.20. The van der Waals surface area contributed by atoms with Crippen LogP contribution in [-0.4, -0.2) is 46.0 Å². The zero-order valence-corrected chi connectivity index (χ0v) is 16.6. The molecule has 4 N–H and O–H groups in total. The maximum absolute atomic E-state index is 12.8. The zero-order chi connectivity index (χ0) is 22.1. The highest BCUT2D eigenvalue weighted by molar-refractivity contribution is 7.89. The van der Waals surface area contributed by atoms with Crippen LogP contribution in [0.4, 0.5) is 13.2 Å². The standard InChI is InChI=1S/C17H24F3N3O5S/c1-2-28-10-4-9-22-16(25)14(7-8-15(21)24)23-29(26,27)13-6-3-5-12(11-13)17(18,19)20/h3,5-6,11,14,23H,2,4,7-10H2,1H3,(H2,21,24)(H,22,25). The van der Waals surface area contributed by atoms with E-state index in [4.69, 9.17) is 10.5 Å². The molecule has 0 heterocycles. The minimum absolute atomic E-state index is 0.192. The molecule has 0 aliphatic carbocycles. The van der Waals surface area contributed by atoms with Crippen molar-refractivity contribution in [2.75, 3.05) is 19.8 Å². The second-order valence-electron chi connectivity index (χ2n) is 6.05. The first kappa shape index (κ1) is 24.9. The van der Waals surface area contributed by atoms with E-state index in [2.05, 4.69) is 5.32 Å². The Kier molecular flexibility index (Phi) is 9.53. The van der Waals surface area contributed by atoms with Crippen LogP contribution < -0.4 is 15.8 Å². The molecule has 2 amide bonds. The second kappa shape index (κ2) is 11.1. The first-order chi connectivity index (χ1) is 13.5. The number of halogens is 3. The number of rotatable bonds is 12. The van der Waals surface area contributed by atoms with Crippen LogP contribution >= 0.6 is 0 Å². The van der Waals surface area contributed by atoms with E-state index in [9.17, 15) is 31.2 Å². The third-order valence-electron chi connectivity index (χ3n) is 3.73. The van der Waals surface area contributed by atoms with E-state index in [-0.39, 0.29) is 19.4 Å². The Morgan fingerprint density at radius 3 is 2.55 bits per heavy atom. The number of hydrogen-bond acceptors (Lipinski definition) is 5. The van der Waals surface area contributed by atoms with E-state index in [1.54, 1.807) is 6.92 Å². The first-order valence-corrected chi connectivity index (χ1v) is 10.3. The molecule has 1 atom stereocenters. The number of carbonyl (C=O) groups is 2. The van der Waals surface area contributed by atoms with E-state index in [0.29, 0.717) is 25.7 Å². The summed E-state index contributed by atoms with van der Waals surface area (Å²) in [5.74, 6) is -1.48. The number of carbonyl (C=O) groups excluding carboxylic acids is 2. The van der Waals surface area contributed by atoms with E-state index >= 15 is 0 Å². The average Bonchev–Trinajstić information content (AvgIpc) is 2.64. The molecule has 1 rings (SSSR count). The van der Waals surface area contributed by atoms with Crippen LogP contribution in [0.3, 0.4) is 0 Å². The lowest BCUT2D eigenvalue weighted by Gasteiger charge is -2.18. The predicted octanol–water partition coefficient (Wildman–Crippen LogP) is 1.16. The van der Waals surface area contributed by atoms with Gasteiger partial charge in [0.15, 0.2) is 0 Å². The number of ether oxygens (including phenoxy) is 1. The molecule has 1 aromatic carbocycles. The van der Waals surface area contributed by atoms with Gasteiger partial charge in [0.1, 0.15) is 6.04 Å². The van der Waals surface area contributed by atoms with Gasteiger partial charge >= 0.3 is 6.18 Å². The summed E-state index contributed by atoms with van der Waals surface area (Å²) in [5, 5.41) is 2.50. The Balaban J connectivity index is 2.93. The maximum atomic E-state index is 12.8. The lowest BCUT2D eigenvalue weighted by molar-refractivity contribution is -0.137. The fraction of sp³-hybridized carbons (Fsp3) is 0.529. The van der Waals surface area contributed by atoms with Crippen molar-refractivity contribution in [3.8, 4) is 0 Å². The van der Waals surface area contributed by atoms with Gasteiger partial charge in [-0.15, -0.1) is 0 Å². The fourth-order valence-corrected chi connectivity index (χ4v) is 3.55. The number of alkyl halides is 3. The molecule has 29 heavy (non-hydrogen) atoms. The zero-order valence-electron chi connectivity index (χ0n) is 15.8. The maximum Gasteiger partial charge on any atom is 0.416 e. The summed E-state index contributed by atoms with van der Waals surface area (Å²) < 4.78 is 70.7. The molecule has 12 heteroatoms. The normalized spacial score (nSPS) is 13.1. The van der Waals surface area contributed by atoms with Gasteiger partial charge < -0.3 is 15.8 Å². The van der Waals surface area contributed by atoms with Crippen LogP contribution in [0.15, 0.2) is 29.2 Å². The van der Waals surface area contributed by atoms with Gasteiger partial charge in [0.2, 0.25) is 21.8 Å². The van der Waals surface area contributed by atoms with Crippen LogP contribution in [0.5, 0.6) is 0 Å². The number of amides is 2. The Hall–Kier alpha value is -2.18. The summed E-state index contributed by atoms with van der Waals surface area (Å²) >= 11 is 0. The van der Waals surface area contributed by atoms with Crippen molar-refractivity contribution in [1.82, 2.24) is 10.0 Å². The van der Waals surface area contributed by atoms with Gasteiger partial charge in [-0.2, -0.15) is 17.9 Å². The molecule has 0 fully saturated rings. The van der Waals surface area contributed by atoms with Crippen molar-refractivity contribution >= 4 is 21.8 Å². The van der Waals surface area contributed by atoms with Gasteiger partial charge in [0, 0.05) is 26.2 Å². The molecule has 0 bridgehead atoms. The van der Waals surface area contributed by atoms with Gasteiger partial charge in [-0.1, -0.05) is 6.07 Å². The Bertz CT molecular complexity index is 800. The van der Waals surface area contributed by atoms with Crippen LogP contribution in [-0.2, 0) is 30.5 Å². The van der Waals surface area contributed by atoms with E-state index in [1.807, 2.05) is 4.72 Å². The van der Waals surface area contributed by atoms with Gasteiger partial charge in [-0.3, -0.25) is 9.59 Å². The van der Waals surface area contributed by atoms with Crippen molar-refractivity contribution in [2.45, 2.75) is 43.3 Å². The molecule has 0 aliphatic rings. The summed E-state index contributed by atoms with van der Waals surface area (Å²) in [6.07, 6.45) is -4.79. The number of nitrogens with one attached hydrogen (secondary N) is 2. The topological polar surface area (TPSA) is 128 Å². The van der Waals surface area contributed by atoms with Gasteiger partial charge in [-0.25, -0.2) is 8.42 Å². The van der Waals surface area contributed by atoms with Crippen molar-refractivity contribution in [3.05, 3.63) is 29.8 Å². The number of sulfonamides is 1. The Morgan fingerprint density at radius 2 is 1.97 bits per heavy atom. The van der Waals surface area contributed by atoms with Crippen LogP contribution in [0.25, 0.3) is 0 Å². The molecule has 8 nitrogen and oxygen atoms in total. The minimum atomic E-state index is -4.73. The number of benzene rings is 1. The largest absolute Gasteiger partial charge is 0.416 e. The van der Waals surface area contributed by atoms with E-state index in [1.165, 1.54) is 0 Å². The molecule has 0 radical (unpaired) electrons. The highest BCUT2D eigenvalue weighted by atomic mass is 32.2. The quantitative estimate of drug-likeness (QED) is 0.421. The molecular formula is C17H24F3N3O5S. The SMILES string of the molecule is CCOCCCNC(=O)C(CCC(N)=O)NS(=O)(=O)c1cccc(C(F)(F)F)c1. The highest BCUT2D eigenvalue weighted by Gasteiger charge is 2.32. The summed E-state index contributed by atoms with van der Waals surface area (Å²) in [5.41, 5.74) is 3.91. The van der Waals surface area contributed by atoms with Gasteiger partial charge in [-0.05, 0) is 38.0 Å². The van der Waals surface area contributed by atoms with Crippen molar-refractivity contribution < 1.29 is 35.9 Å².